The van der Waals surface area contributed by atoms with Crippen LogP contribution in [0.3, 0.4) is 0 Å². The maximum atomic E-state index is 12.7. The molecule has 0 heterocycles. The van der Waals surface area contributed by atoms with Gasteiger partial charge in [0.15, 0.2) is 6.10 Å². The lowest BCUT2D eigenvalue weighted by Crippen LogP contribution is -2.40. The molecule has 8 nitrogen and oxygen atoms in total. The molecule has 3 rings (SSSR count). The number of benzene rings is 3. The van der Waals surface area contributed by atoms with Gasteiger partial charge in [0.1, 0.15) is 22.1 Å². The van der Waals surface area contributed by atoms with Crippen molar-refractivity contribution in [3.8, 4) is 17.2 Å². The third-order valence-corrected chi connectivity index (χ3v) is 6.14. The van der Waals surface area contributed by atoms with E-state index in [1.54, 1.807) is 0 Å². The molecule has 190 valence electrons. The third kappa shape index (κ3) is 6.54. The number of carbonyl (C=O) groups excluding carboxylic acids is 2. The molecule has 0 aliphatic heterocycles. The Morgan fingerprint density at radius 1 is 0.861 bits per heavy atom. The minimum Gasteiger partial charge on any atom is -0.481 e. The standard InChI is InChI=1S/C24H20F3NO7S/c1-15(22(29)28-36(31,32)21-6-4-3-5-20(21)23(30)33-2)34-17-11-13-19(14-12-17)35-18-9-7-16(8-10-18)24(25,26)27/h3-15H,1-2H3,(H,28,29). The second-order valence-electron chi connectivity index (χ2n) is 7.31. The van der Waals surface area contributed by atoms with E-state index in [9.17, 15) is 31.2 Å². The smallest absolute Gasteiger partial charge is 0.416 e. The molecular formula is C24H20F3NO7S. The van der Waals surface area contributed by atoms with Gasteiger partial charge in [-0.2, -0.15) is 13.2 Å². The van der Waals surface area contributed by atoms with Crippen molar-refractivity contribution >= 4 is 21.9 Å². The normalized spacial score (nSPS) is 12.4. The molecule has 0 radical (unpaired) electrons. The Labute approximate surface area is 204 Å². The molecule has 3 aromatic carbocycles. The van der Waals surface area contributed by atoms with Crippen molar-refractivity contribution in [1.29, 1.82) is 0 Å². The topological polar surface area (TPSA) is 108 Å². The molecule has 1 atom stereocenters. The van der Waals surface area contributed by atoms with Crippen LogP contribution in [-0.2, 0) is 25.7 Å². The average molecular weight is 523 g/mol. The molecule has 0 spiro atoms. The lowest BCUT2D eigenvalue weighted by atomic mass is 10.2. The van der Waals surface area contributed by atoms with Crippen LogP contribution in [0, 0.1) is 0 Å². The van der Waals surface area contributed by atoms with Crippen LogP contribution in [-0.4, -0.2) is 33.5 Å². The molecule has 0 aromatic heterocycles. The Hall–Kier alpha value is -4.06. The first kappa shape index (κ1) is 26.5. The minimum absolute atomic E-state index is 0.182. The first-order valence-electron chi connectivity index (χ1n) is 10.3. The van der Waals surface area contributed by atoms with Gasteiger partial charge < -0.3 is 14.2 Å². The van der Waals surface area contributed by atoms with Crippen molar-refractivity contribution in [3.05, 3.63) is 83.9 Å². The molecule has 0 fully saturated rings. The van der Waals surface area contributed by atoms with E-state index in [2.05, 4.69) is 4.74 Å². The highest BCUT2D eigenvalue weighted by Crippen LogP contribution is 2.31. The number of rotatable bonds is 8. The number of hydrogen-bond acceptors (Lipinski definition) is 7. The van der Waals surface area contributed by atoms with E-state index in [0.29, 0.717) is 5.75 Å². The second-order valence-corrected chi connectivity index (χ2v) is 8.96. The van der Waals surface area contributed by atoms with Gasteiger partial charge in [-0.1, -0.05) is 12.1 Å². The van der Waals surface area contributed by atoms with Crippen LogP contribution in [0.2, 0.25) is 0 Å². The summed E-state index contributed by atoms with van der Waals surface area (Å²) < 4.78 is 80.7. The molecule has 3 aromatic rings. The molecule has 36 heavy (non-hydrogen) atoms. The number of esters is 1. The number of nitrogens with one attached hydrogen (secondary N) is 1. The van der Waals surface area contributed by atoms with Crippen LogP contribution in [0.1, 0.15) is 22.8 Å². The summed E-state index contributed by atoms with van der Waals surface area (Å²) in [6.07, 6.45) is -5.70. The van der Waals surface area contributed by atoms with Crippen molar-refractivity contribution in [2.24, 2.45) is 0 Å². The summed E-state index contributed by atoms with van der Waals surface area (Å²) in [5, 5.41) is 0. The van der Waals surface area contributed by atoms with E-state index in [1.165, 1.54) is 61.5 Å². The number of ether oxygens (including phenoxy) is 3. The molecule has 0 aliphatic rings. The Morgan fingerprint density at radius 2 is 1.39 bits per heavy atom. The number of alkyl halides is 3. The first-order chi connectivity index (χ1) is 16.9. The SMILES string of the molecule is COC(=O)c1ccccc1S(=O)(=O)NC(=O)C(C)Oc1ccc(Oc2ccc(C(F)(F)F)cc2)cc1. The van der Waals surface area contributed by atoms with Gasteiger partial charge in [-0.05, 0) is 67.6 Å². The molecule has 1 unspecified atom stereocenters. The van der Waals surface area contributed by atoms with E-state index in [4.69, 9.17) is 9.47 Å². The van der Waals surface area contributed by atoms with Crippen molar-refractivity contribution in [1.82, 2.24) is 4.72 Å². The van der Waals surface area contributed by atoms with Crippen LogP contribution in [0.25, 0.3) is 0 Å². The molecule has 0 saturated heterocycles. The molecule has 0 saturated carbocycles. The predicted molar refractivity (Wildman–Crippen MR) is 121 cm³/mol. The summed E-state index contributed by atoms with van der Waals surface area (Å²) in [7, 11) is -3.31. The number of halogens is 3. The maximum Gasteiger partial charge on any atom is 0.416 e. The highest BCUT2D eigenvalue weighted by atomic mass is 32.2. The largest absolute Gasteiger partial charge is 0.481 e. The summed E-state index contributed by atoms with van der Waals surface area (Å²) in [5.74, 6) is -1.20. The number of methoxy groups -OCH3 is 1. The van der Waals surface area contributed by atoms with Crippen molar-refractivity contribution in [2.45, 2.75) is 24.1 Å². The minimum atomic E-state index is -4.45. The fraction of sp³-hybridized carbons (Fsp3) is 0.167. The predicted octanol–water partition coefficient (Wildman–Crippen LogP) is 4.56. The van der Waals surface area contributed by atoms with Crippen LogP contribution in [0.5, 0.6) is 17.2 Å². The van der Waals surface area contributed by atoms with Crippen LogP contribution >= 0.6 is 0 Å². The van der Waals surface area contributed by atoms with E-state index in [0.717, 1.165) is 25.3 Å². The zero-order chi connectivity index (χ0) is 26.5. The fourth-order valence-electron chi connectivity index (χ4n) is 2.94. The zero-order valence-corrected chi connectivity index (χ0v) is 19.7. The highest BCUT2D eigenvalue weighted by Gasteiger charge is 2.30. The monoisotopic (exact) mass is 523 g/mol. The summed E-state index contributed by atoms with van der Waals surface area (Å²) >= 11 is 0. The number of amides is 1. The van der Waals surface area contributed by atoms with Gasteiger partial charge in [0.05, 0.1) is 18.2 Å². The molecule has 0 bridgehead atoms. The fourth-order valence-corrected chi connectivity index (χ4v) is 4.18. The van der Waals surface area contributed by atoms with Crippen LogP contribution in [0.4, 0.5) is 13.2 Å². The molecule has 1 amide bonds. The molecular weight excluding hydrogens is 503 g/mol. The van der Waals surface area contributed by atoms with Crippen molar-refractivity contribution < 1.29 is 45.4 Å². The lowest BCUT2D eigenvalue weighted by molar-refractivity contribution is -0.137. The number of hydrogen-bond donors (Lipinski definition) is 1. The number of carbonyl (C=O) groups is 2. The van der Waals surface area contributed by atoms with Gasteiger partial charge in [-0.3, -0.25) is 4.79 Å². The average Bonchev–Trinajstić information content (AvgIpc) is 2.84. The van der Waals surface area contributed by atoms with Gasteiger partial charge in [0.2, 0.25) is 0 Å². The van der Waals surface area contributed by atoms with Gasteiger partial charge in [-0.15, -0.1) is 0 Å². The zero-order valence-electron chi connectivity index (χ0n) is 18.9. The Balaban J connectivity index is 1.63. The second kappa shape index (κ2) is 10.7. The Kier molecular flexibility index (Phi) is 7.88. The highest BCUT2D eigenvalue weighted by molar-refractivity contribution is 7.90. The quantitative estimate of drug-likeness (QED) is 0.432. The van der Waals surface area contributed by atoms with Crippen LogP contribution in [0.15, 0.2) is 77.7 Å². The molecule has 12 heteroatoms. The lowest BCUT2D eigenvalue weighted by Gasteiger charge is -2.16. The van der Waals surface area contributed by atoms with Gasteiger partial charge in [-0.25, -0.2) is 17.9 Å². The van der Waals surface area contributed by atoms with E-state index >= 15 is 0 Å². The Morgan fingerprint density at radius 3 is 1.94 bits per heavy atom. The molecule has 1 N–H and O–H groups in total. The van der Waals surface area contributed by atoms with Crippen molar-refractivity contribution in [3.63, 3.8) is 0 Å². The summed E-state index contributed by atoms with van der Waals surface area (Å²) in [5.41, 5.74) is -1.04. The first-order valence-corrected chi connectivity index (χ1v) is 11.7. The van der Waals surface area contributed by atoms with Gasteiger partial charge in [0.25, 0.3) is 15.9 Å². The summed E-state index contributed by atoms with van der Waals surface area (Å²) in [6, 6.07) is 15.2. The van der Waals surface area contributed by atoms with Gasteiger partial charge in [0, 0.05) is 0 Å². The van der Waals surface area contributed by atoms with Crippen molar-refractivity contribution in [2.75, 3.05) is 7.11 Å². The van der Waals surface area contributed by atoms with E-state index < -0.39 is 44.6 Å². The van der Waals surface area contributed by atoms with Gasteiger partial charge >= 0.3 is 12.1 Å². The summed E-state index contributed by atoms with van der Waals surface area (Å²) in [4.78, 5) is 23.9. The van der Waals surface area contributed by atoms with Crippen LogP contribution < -0.4 is 14.2 Å². The maximum absolute atomic E-state index is 12.7. The summed E-state index contributed by atoms with van der Waals surface area (Å²) in [6.45, 7) is 1.32. The van der Waals surface area contributed by atoms with E-state index in [1.807, 2.05) is 4.72 Å². The Bertz CT molecular complexity index is 1340. The third-order valence-electron chi connectivity index (χ3n) is 4.74. The molecule has 0 aliphatic carbocycles. The number of sulfonamides is 1. The van der Waals surface area contributed by atoms with E-state index in [-0.39, 0.29) is 17.1 Å².